The predicted octanol–water partition coefficient (Wildman–Crippen LogP) is 3.54. The molecule has 1 aromatic carbocycles. The Balaban J connectivity index is 2.16. The number of hydrogen-bond acceptors (Lipinski definition) is 3. The van der Waals surface area contributed by atoms with Crippen LogP contribution in [0.1, 0.15) is 36.8 Å². The van der Waals surface area contributed by atoms with Crippen LogP contribution >= 0.6 is 0 Å². The van der Waals surface area contributed by atoms with E-state index in [1.54, 1.807) is 6.07 Å². The lowest BCUT2D eigenvalue weighted by atomic mass is 9.87. The second-order valence-corrected chi connectivity index (χ2v) is 5.59. The SMILES string of the molecule is N#Cc1ccc(NCC2(CO)CCCC2)cc1C(F)(F)F. The van der Waals surface area contributed by atoms with Crippen LogP contribution in [0.15, 0.2) is 18.2 Å². The van der Waals surface area contributed by atoms with Gasteiger partial charge in [0.15, 0.2) is 0 Å². The lowest BCUT2D eigenvalue weighted by Gasteiger charge is -2.27. The molecule has 0 radical (unpaired) electrons. The van der Waals surface area contributed by atoms with Crippen LogP contribution in [0, 0.1) is 16.7 Å². The van der Waals surface area contributed by atoms with Gasteiger partial charge >= 0.3 is 6.18 Å². The Labute approximate surface area is 121 Å². The van der Waals surface area contributed by atoms with Gasteiger partial charge in [0, 0.05) is 17.6 Å². The summed E-state index contributed by atoms with van der Waals surface area (Å²) >= 11 is 0. The van der Waals surface area contributed by atoms with Crippen molar-refractivity contribution < 1.29 is 18.3 Å². The topological polar surface area (TPSA) is 56.0 Å². The van der Waals surface area contributed by atoms with E-state index >= 15 is 0 Å². The zero-order valence-electron chi connectivity index (χ0n) is 11.5. The van der Waals surface area contributed by atoms with Crippen LogP contribution in [-0.2, 0) is 6.18 Å². The Morgan fingerprint density at radius 3 is 2.48 bits per heavy atom. The number of anilines is 1. The fraction of sp³-hybridized carbons (Fsp3) is 0.533. The lowest BCUT2D eigenvalue weighted by Crippen LogP contribution is -2.30. The molecule has 0 aliphatic heterocycles. The van der Waals surface area contributed by atoms with Gasteiger partial charge in [-0.1, -0.05) is 12.8 Å². The van der Waals surface area contributed by atoms with Crippen molar-refractivity contribution in [1.82, 2.24) is 0 Å². The molecule has 0 atom stereocenters. The molecule has 3 nitrogen and oxygen atoms in total. The highest BCUT2D eigenvalue weighted by Gasteiger charge is 2.35. The maximum absolute atomic E-state index is 12.9. The second-order valence-electron chi connectivity index (χ2n) is 5.59. The first-order valence-electron chi connectivity index (χ1n) is 6.86. The standard InChI is InChI=1S/C15H17F3N2O/c16-15(17,18)13-7-12(4-3-11(13)8-19)20-9-14(10-21)5-1-2-6-14/h3-4,7,20-21H,1-2,5-6,9-10H2. The number of nitriles is 1. The number of aliphatic hydroxyl groups is 1. The fourth-order valence-electron chi connectivity index (χ4n) is 2.79. The molecule has 0 aromatic heterocycles. The van der Waals surface area contributed by atoms with Gasteiger partial charge in [-0.3, -0.25) is 0 Å². The quantitative estimate of drug-likeness (QED) is 0.894. The lowest BCUT2D eigenvalue weighted by molar-refractivity contribution is -0.137. The summed E-state index contributed by atoms with van der Waals surface area (Å²) in [5, 5.41) is 21.2. The number of aliphatic hydroxyl groups excluding tert-OH is 1. The first-order valence-corrected chi connectivity index (χ1v) is 6.86. The number of rotatable bonds is 4. The van der Waals surface area contributed by atoms with Crippen molar-refractivity contribution in [2.45, 2.75) is 31.9 Å². The molecule has 1 aliphatic rings. The van der Waals surface area contributed by atoms with E-state index in [9.17, 15) is 18.3 Å². The first kappa shape index (κ1) is 15.6. The van der Waals surface area contributed by atoms with Gasteiger partial charge in [0.05, 0.1) is 23.8 Å². The van der Waals surface area contributed by atoms with Crippen LogP contribution in [-0.4, -0.2) is 18.3 Å². The predicted molar refractivity (Wildman–Crippen MR) is 72.6 cm³/mol. The summed E-state index contributed by atoms with van der Waals surface area (Å²) in [5.41, 5.74) is -1.24. The highest BCUT2D eigenvalue weighted by molar-refractivity contribution is 5.53. The van der Waals surface area contributed by atoms with Crippen molar-refractivity contribution in [3.05, 3.63) is 29.3 Å². The van der Waals surface area contributed by atoms with Gasteiger partial charge in [-0.05, 0) is 31.0 Å². The smallest absolute Gasteiger partial charge is 0.396 e. The van der Waals surface area contributed by atoms with Crippen molar-refractivity contribution in [2.24, 2.45) is 5.41 Å². The van der Waals surface area contributed by atoms with Gasteiger partial charge in [0.25, 0.3) is 0 Å². The molecule has 0 spiro atoms. The van der Waals surface area contributed by atoms with E-state index in [1.165, 1.54) is 12.1 Å². The summed E-state index contributed by atoms with van der Waals surface area (Å²) in [5.74, 6) is 0. The molecule has 2 N–H and O–H groups in total. The number of benzene rings is 1. The van der Waals surface area contributed by atoms with Crippen molar-refractivity contribution in [2.75, 3.05) is 18.5 Å². The molecule has 0 saturated heterocycles. The van der Waals surface area contributed by atoms with E-state index in [0.29, 0.717) is 12.2 Å². The molecule has 0 bridgehead atoms. The molecule has 1 aliphatic carbocycles. The van der Waals surface area contributed by atoms with E-state index in [4.69, 9.17) is 5.26 Å². The van der Waals surface area contributed by atoms with Gasteiger partial charge in [-0.15, -0.1) is 0 Å². The number of halogens is 3. The van der Waals surface area contributed by atoms with Crippen molar-refractivity contribution >= 4 is 5.69 Å². The van der Waals surface area contributed by atoms with Gasteiger partial charge in [-0.25, -0.2) is 0 Å². The van der Waals surface area contributed by atoms with Crippen LogP contribution in [0.4, 0.5) is 18.9 Å². The van der Waals surface area contributed by atoms with Crippen LogP contribution in [0.3, 0.4) is 0 Å². The third-order valence-electron chi connectivity index (χ3n) is 4.11. The van der Waals surface area contributed by atoms with E-state index in [-0.39, 0.29) is 17.6 Å². The summed E-state index contributed by atoms with van der Waals surface area (Å²) in [6.45, 7) is 0.467. The van der Waals surface area contributed by atoms with Crippen molar-refractivity contribution in [3.8, 4) is 6.07 Å². The molecular formula is C15H17F3N2O. The average Bonchev–Trinajstić information content (AvgIpc) is 2.93. The minimum absolute atomic E-state index is 0.0302. The van der Waals surface area contributed by atoms with Crippen molar-refractivity contribution in [1.29, 1.82) is 5.26 Å². The third kappa shape index (κ3) is 3.48. The number of hydrogen-bond donors (Lipinski definition) is 2. The Bertz CT molecular complexity index is 543. The molecular weight excluding hydrogens is 281 g/mol. The van der Waals surface area contributed by atoms with Gasteiger partial charge in [0.1, 0.15) is 0 Å². The summed E-state index contributed by atoms with van der Waals surface area (Å²) in [4.78, 5) is 0. The molecule has 0 heterocycles. The Hall–Kier alpha value is -1.74. The molecule has 0 unspecified atom stereocenters. The number of nitrogens with zero attached hydrogens (tertiary/aromatic N) is 1. The molecule has 1 aromatic rings. The zero-order valence-corrected chi connectivity index (χ0v) is 11.5. The first-order chi connectivity index (χ1) is 9.90. The Morgan fingerprint density at radius 2 is 1.95 bits per heavy atom. The fourth-order valence-corrected chi connectivity index (χ4v) is 2.79. The molecule has 1 fully saturated rings. The molecule has 6 heteroatoms. The summed E-state index contributed by atoms with van der Waals surface area (Å²) in [6.07, 6.45) is -0.741. The van der Waals surface area contributed by atoms with Crippen molar-refractivity contribution in [3.63, 3.8) is 0 Å². The maximum atomic E-state index is 12.9. The summed E-state index contributed by atoms with van der Waals surface area (Å²) < 4.78 is 38.6. The Morgan fingerprint density at radius 1 is 1.29 bits per heavy atom. The molecule has 2 rings (SSSR count). The average molecular weight is 298 g/mol. The van der Waals surface area contributed by atoms with E-state index in [1.807, 2.05) is 0 Å². The van der Waals surface area contributed by atoms with Gasteiger partial charge in [0.2, 0.25) is 0 Å². The minimum atomic E-state index is -4.55. The highest BCUT2D eigenvalue weighted by atomic mass is 19.4. The summed E-state index contributed by atoms with van der Waals surface area (Å²) in [6, 6.07) is 5.15. The van der Waals surface area contributed by atoms with Crippen LogP contribution in [0.25, 0.3) is 0 Å². The van der Waals surface area contributed by atoms with E-state index in [0.717, 1.165) is 31.7 Å². The molecule has 21 heavy (non-hydrogen) atoms. The molecule has 114 valence electrons. The third-order valence-corrected chi connectivity index (χ3v) is 4.11. The van der Waals surface area contributed by atoms with Gasteiger partial charge in [-0.2, -0.15) is 18.4 Å². The minimum Gasteiger partial charge on any atom is -0.396 e. The van der Waals surface area contributed by atoms with Gasteiger partial charge < -0.3 is 10.4 Å². The highest BCUT2D eigenvalue weighted by Crippen LogP contribution is 2.38. The normalized spacial score (nSPS) is 17.5. The Kier molecular flexibility index (Phi) is 4.43. The van der Waals surface area contributed by atoms with E-state index in [2.05, 4.69) is 5.32 Å². The van der Waals surface area contributed by atoms with Crippen LogP contribution in [0.2, 0.25) is 0 Å². The largest absolute Gasteiger partial charge is 0.417 e. The monoisotopic (exact) mass is 298 g/mol. The summed E-state index contributed by atoms with van der Waals surface area (Å²) in [7, 11) is 0. The molecule has 1 saturated carbocycles. The van der Waals surface area contributed by atoms with Crippen LogP contribution in [0.5, 0.6) is 0 Å². The second kappa shape index (κ2) is 5.94. The number of nitrogens with one attached hydrogen (secondary N) is 1. The van der Waals surface area contributed by atoms with E-state index < -0.39 is 11.7 Å². The maximum Gasteiger partial charge on any atom is 0.417 e. The molecule has 0 amide bonds. The van der Waals surface area contributed by atoms with Crippen LogP contribution < -0.4 is 5.32 Å². The number of alkyl halides is 3. The zero-order chi connectivity index (χ0) is 15.5.